The fourth-order valence-corrected chi connectivity index (χ4v) is 5.30. The fourth-order valence-electron chi connectivity index (χ4n) is 5.30. The van der Waals surface area contributed by atoms with Gasteiger partial charge in [-0.25, -0.2) is 4.39 Å². The van der Waals surface area contributed by atoms with E-state index in [4.69, 9.17) is 0 Å². The Bertz CT molecular complexity index is 580. The van der Waals surface area contributed by atoms with E-state index in [0.29, 0.717) is 5.92 Å². The first-order valence-corrected chi connectivity index (χ1v) is 11.1. The molecule has 0 aliphatic heterocycles. The van der Waals surface area contributed by atoms with E-state index in [0.717, 1.165) is 36.2 Å². The van der Waals surface area contributed by atoms with Crippen LogP contribution in [0.1, 0.15) is 95.1 Å². The molecule has 26 heavy (non-hydrogen) atoms. The van der Waals surface area contributed by atoms with E-state index in [1.165, 1.54) is 63.4 Å². The Morgan fingerprint density at radius 3 is 2.42 bits per heavy atom. The van der Waals surface area contributed by atoms with E-state index >= 15 is 0 Å². The molecule has 1 fully saturated rings. The molecule has 2 unspecified atom stereocenters. The minimum absolute atomic E-state index is 0.0279. The molecule has 1 aromatic rings. The van der Waals surface area contributed by atoms with Crippen molar-refractivity contribution in [1.82, 2.24) is 0 Å². The van der Waals surface area contributed by atoms with Crippen LogP contribution in [-0.2, 0) is 6.42 Å². The van der Waals surface area contributed by atoms with Crippen LogP contribution in [-0.4, -0.2) is 0 Å². The van der Waals surface area contributed by atoms with E-state index in [2.05, 4.69) is 38.1 Å². The summed E-state index contributed by atoms with van der Waals surface area (Å²) in [6.45, 7) is 4.46. The molecule has 3 rings (SSSR count). The van der Waals surface area contributed by atoms with Crippen molar-refractivity contribution in [1.29, 1.82) is 0 Å². The Hall–Kier alpha value is -1.11. The molecule has 1 saturated carbocycles. The van der Waals surface area contributed by atoms with Crippen LogP contribution in [0.4, 0.5) is 4.39 Å². The maximum atomic E-state index is 14.6. The molecule has 0 N–H and O–H groups in total. The Morgan fingerprint density at radius 1 is 1.00 bits per heavy atom. The average molecular weight is 357 g/mol. The summed E-state index contributed by atoms with van der Waals surface area (Å²) in [5.74, 6) is 3.04. The molecular formula is C25H37F. The van der Waals surface area contributed by atoms with Gasteiger partial charge in [-0.05, 0) is 85.8 Å². The highest BCUT2D eigenvalue weighted by atomic mass is 19.1. The lowest BCUT2D eigenvalue weighted by molar-refractivity contribution is 0.215. The lowest BCUT2D eigenvalue weighted by Gasteiger charge is -2.36. The number of hydrogen-bond acceptors (Lipinski definition) is 0. The second-order valence-electron chi connectivity index (χ2n) is 8.78. The Balaban J connectivity index is 1.77. The molecule has 0 heterocycles. The molecule has 0 radical (unpaired) electrons. The van der Waals surface area contributed by atoms with Gasteiger partial charge in [-0.2, -0.15) is 0 Å². The standard InChI is InChI=1S/C25H37F/c1-3-8-22-15-16-23(18-25(22)26)24(17-20-9-6-5-7-10-20)21-13-11-19(4-2)12-14-21/h5-6,15-16,18-21,24H,3-4,7-14,17H2,1-2H3. The van der Waals surface area contributed by atoms with Gasteiger partial charge in [0.05, 0.1) is 0 Å². The molecule has 2 atom stereocenters. The number of rotatable bonds is 7. The van der Waals surface area contributed by atoms with E-state index in [1.807, 2.05) is 6.07 Å². The van der Waals surface area contributed by atoms with Crippen LogP contribution >= 0.6 is 0 Å². The third-order valence-corrected chi connectivity index (χ3v) is 7.03. The first-order valence-electron chi connectivity index (χ1n) is 11.1. The highest BCUT2D eigenvalue weighted by molar-refractivity contribution is 5.28. The number of allylic oxidation sites excluding steroid dienone is 2. The molecule has 0 amide bonds. The zero-order valence-corrected chi connectivity index (χ0v) is 16.9. The number of hydrogen-bond donors (Lipinski definition) is 0. The van der Waals surface area contributed by atoms with Crippen molar-refractivity contribution in [2.45, 2.75) is 90.4 Å². The van der Waals surface area contributed by atoms with E-state index in [9.17, 15) is 4.39 Å². The minimum Gasteiger partial charge on any atom is -0.207 e. The fraction of sp³-hybridized carbons (Fsp3) is 0.680. The van der Waals surface area contributed by atoms with E-state index < -0.39 is 0 Å². The summed E-state index contributed by atoms with van der Waals surface area (Å²) in [6, 6.07) is 6.21. The molecule has 1 heteroatoms. The van der Waals surface area contributed by atoms with Crippen molar-refractivity contribution in [2.24, 2.45) is 17.8 Å². The number of aryl methyl sites for hydroxylation is 1. The highest BCUT2D eigenvalue weighted by Crippen LogP contribution is 2.44. The lowest BCUT2D eigenvalue weighted by Crippen LogP contribution is -2.23. The molecule has 0 spiro atoms. The zero-order chi connectivity index (χ0) is 18.4. The topological polar surface area (TPSA) is 0 Å². The molecule has 0 bridgehead atoms. The smallest absolute Gasteiger partial charge is 0.126 e. The molecule has 2 aliphatic rings. The summed E-state index contributed by atoms with van der Waals surface area (Å²) in [4.78, 5) is 0. The van der Waals surface area contributed by atoms with Crippen molar-refractivity contribution in [3.63, 3.8) is 0 Å². The number of benzene rings is 1. The summed E-state index contributed by atoms with van der Waals surface area (Å²) in [5.41, 5.74) is 2.17. The van der Waals surface area contributed by atoms with Gasteiger partial charge >= 0.3 is 0 Å². The van der Waals surface area contributed by atoms with Crippen molar-refractivity contribution < 1.29 is 4.39 Å². The van der Waals surface area contributed by atoms with Crippen LogP contribution in [0.15, 0.2) is 30.4 Å². The summed E-state index contributed by atoms with van der Waals surface area (Å²) in [5, 5.41) is 0. The van der Waals surface area contributed by atoms with Gasteiger partial charge in [0.15, 0.2) is 0 Å². The first-order chi connectivity index (χ1) is 12.7. The van der Waals surface area contributed by atoms with Crippen LogP contribution in [0.2, 0.25) is 0 Å². The zero-order valence-electron chi connectivity index (χ0n) is 16.9. The van der Waals surface area contributed by atoms with Gasteiger partial charge in [0.1, 0.15) is 5.82 Å². The summed E-state index contributed by atoms with van der Waals surface area (Å²) in [6.07, 6.45) is 18.3. The molecule has 2 aliphatic carbocycles. The predicted octanol–water partition coefficient (Wildman–Crippen LogP) is 7.82. The van der Waals surface area contributed by atoms with Crippen LogP contribution in [0.25, 0.3) is 0 Å². The second kappa shape index (κ2) is 9.72. The minimum atomic E-state index is 0.0279. The molecule has 0 nitrogen and oxygen atoms in total. The molecule has 0 saturated heterocycles. The lowest BCUT2D eigenvalue weighted by atomic mass is 9.69. The number of halogens is 1. The normalized spacial score (nSPS) is 27.4. The predicted molar refractivity (Wildman–Crippen MR) is 110 cm³/mol. The Morgan fingerprint density at radius 2 is 1.81 bits per heavy atom. The second-order valence-corrected chi connectivity index (χ2v) is 8.78. The average Bonchev–Trinajstić information content (AvgIpc) is 2.69. The van der Waals surface area contributed by atoms with Gasteiger partial charge < -0.3 is 0 Å². The maximum Gasteiger partial charge on any atom is 0.126 e. The van der Waals surface area contributed by atoms with Gasteiger partial charge in [-0.1, -0.05) is 63.8 Å². The quantitative estimate of drug-likeness (QED) is 0.437. The van der Waals surface area contributed by atoms with E-state index in [1.54, 1.807) is 0 Å². The van der Waals surface area contributed by atoms with Crippen LogP contribution in [0.5, 0.6) is 0 Å². The van der Waals surface area contributed by atoms with Crippen molar-refractivity contribution in [3.8, 4) is 0 Å². The third kappa shape index (κ3) is 4.99. The van der Waals surface area contributed by atoms with Crippen LogP contribution in [0, 0.1) is 23.6 Å². The van der Waals surface area contributed by atoms with Gasteiger partial charge in [-0.15, -0.1) is 0 Å². The Labute approximate surface area is 160 Å². The van der Waals surface area contributed by atoms with Crippen LogP contribution < -0.4 is 0 Å². The third-order valence-electron chi connectivity index (χ3n) is 7.03. The molecule has 1 aromatic carbocycles. The first kappa shape index (κ1) is 19.6. The monoisotopic (exact) mass is 356 g/mol. The Kier molecular flexibility index (Phi) is 7.34. The largest absolute Gasteiger partial charge is 0.207 e. The SMILES string of the molecule is CCCc1ccc(C(CC2CC=CCC2)C2CCC(CC)CC2)cc1F. The van der Waals surface area contributed by atoms with Gasteiger partial charge in [0, 0.05) is 0 Å². The van der Waals surface area contributed by atoms with Crippen molar-refractivity contribution in [2.75, 3.05) is 0 Å². The van der Waals surface area contributed by atoms with Crippen molar-refractivity contribution in [3.05, 3.63) is 47.3 Å². The van der Waals surface area contributed by atoms with E-state index in [-0.39, 0.29) is 5.82 Å². The molecule has 144 valence electrons. The maximum absolute atomic E-state index is 14.6. The molecular weight excluding hydrogens is 319 g/mol. The summed E-state index contributed by atoms with van der Waals surface area (Å²) >= 11 is 0. The van der Waals surface area contributed by atoms with Crippen molar-refractivity contribution >= 4 is 0 Å². The van der Waals surface area contributed by atoms with Crippen LogP contribution in [0.3, 0.4) is 0 Å². The summed E-state index contributed by atoms with van der Waals surface area (Å²) in [7, 11) is 0. The highest BCUT2D eigenvalue weighted by Gasteiger charge is 2.30. The van der Waals surface area contributed by atoms with Gasteiger partial charge in [-0.3, -0.25) is 0 Å². The summed E-state index contributed by atoms with van der Waals surface area (Å²) < 4.78 is 14.6. The van der Waals surface area contributed by atoms with Gasteiger partial charge in [0.25, 0.3) is 0 Å². The van der Waals surface area contributed by atoms with Gasteiger partial charge in [0.2, 0.25) is 0 Å². The molecule has 0 aromatic heterocycles.